The van der Waals surface area contributed by atoms with Crippen LogP contribution in [0.5, 0.6) is 0 Å². The molecule has 0 heterocycles. The Kier molecular flexibility index (Phi) is 6.80. The van der Waals surface area contributed by atoms with Crippen molar-refractivity contribution in [2.45, 2.75) is 111 Å². The Labute approximate surface area is 209 Å². The number of carbonyl (C=O) groups excluding carboxylic acids is 1. The van der Waals surface area contributed by atoms with E-state index in [1.807, 2.05) is 0 Å². The number of hydrogen-bond donors (Lipinski definition) is 0. The van der Waals surface area contributed by atoms with Crippen molar-refractivity contribution in [3.05, 3.63) is 35.9 Å². The van der Waals surface area contributed by atoms with Crippen LogP contribution in [0.2, 0.25) is 0 Å². The Balaban J connectivity index is 1.30. The first-order chi connectivity index (χ1) is 16.2. The van der Waals surface area contributed by atoms with Gasteiger partial charge in [0.25, 0.3) is 0 Å². The molecule has 0 bridgehead atoms. The third kappa shape index (κ3) is 4.12. The molecule has 9 atom stereocenters. The minimum atomic E-state index is 0.146. The monoisotopic (exact) mass is 462 g/mol. The third-order valence-electron chi connectivity index (χ3n) is 11.9. The average Bonchev–Trinajstić information content (AvgIpc) is 3.16. The summed E-state index contributed by atoms with van der Waals surface area (Å²) < 4.78 is 0. The highest BCUT2D eigenvalue weighted by molar-refractivity contribution is 5.87. The summed E-state index contributed by atoms with van der Waals surface area (Å²) in [5, 5.41) is 0. The topological polar surface area (TPSA) is 17.1 Å². The lowest BCUT2D eigenvalue weighted by atomic mass is 9.43. The lowest BCUT2D eigenvalue weighted by Crippen LogP contribution is -2.55. The van der Waals surface area contributed by atoms with Gasteiger partial charge in [-0.1, -0.05) is 84.2 Å². The predicted molar refractivity (Wildman–Crippen MR) is 143 cm³/mol. The van der Waals surface area contributed by atoms with Crippen LogP contribution in [-0.4, -0.2) is 5.78 Å². The maximum atomic E-state index is 13.5. The zero-order valence-corrected chi connectivity index (χ0v) is 22.7. The zero-order chi connectivity index (χ0) is 24.1. The van der Waals surface area contributed by atoms with Gasteiger partial charge in [-0.05, 0) is 103 Å². The van der Waals surface area contributed by atoms with Gasteiger partial charge in [0.05, 0.1) is 0 Å². The molecule has 188 valence electrons. The fourth-order valence-electron chi connectivity index (χ4n) is 10.1. The summed E-state index contributed by atoms with van der Waals surface area (Å²) in [6.07, 6.45) is 14.6. The van der Waals surface area contributed by atoms with Crippen molar-refractivity contribution in [2.75, 3.05) is 0 Å². The minimum absolute atomic E-state index is 0.146. The van der Waals surface area contributed by atoms with Crippen LogP contribution >= 0.6 is 0 Å². The predicted octanol–water partition coefficient (Wildman–Crippen LogP) is 9.07. The molecule has 4 fully saturated rings. The molecule has 0 saturated heterocycles. The first kappa shape index (κ1) is 24.6. The van der Waals surface area contributed by atoms with Crippen LogP contribution in [0.3, 0.4) is 0 Å². The highest BCUT2D eigenvalue weighted by Gasteiger charge is 2.61. The number of fused-ring (bicyclic) bond motifs is 5. The molecule has 4 aliphatic carbocycles. The van der Waals surface area contributed by atoms with E-state index in [-0.39, 0.29) is 11.3 Å². The maximum Gasteiger partial charge on any atom is 0.140 e. The molecule has 4 aliphatic rings. The Morgan fingerprint density at radius 2 is 1.62 bits per heavy atom. The summed E-state index contributed by atoms with van der Waals surface area (Å²) in [5.74, 6) is 6.59. The standard InChI is InChI=1S/C33H50O/c1-22(2)10-9-11-23(3)28-16-17-29-26-15-14-25-20-27(24-12-7-6-8-13-24)31(34)21-33(25,5)30(26)18-19-32(28,29)4/h6-8,12-13,22-23,25-30H,9-11,14-21H2,1-5H3. The van der Waals surface area contributed by atoms with E-state index in [1.54, 1.807) is 0 Å². The van der Waals surface area contributed by atoms with E-state index in [0.717, 1.165) is 54.3 Å². The lowest BCUT2D eigenvalue weighted by molar-refractivity contribution is -0.145. The molecule has 0 amide bonds. The maximum absolute atomic E-state index is 13.5. The van der Waals surface area contributed by atoms with E-state index in [0.29, 0.717) is 11.2 Å². The van der Waals surface area contributed by atoms with Crippen LogP contribution in [0.4, 0.5) is 0 Å². The lowest BCUT2D eigenvalue weighted by Gasteiger charge is -2.61. The molecule has 1 aromatic carbocycles. The number of Topliss-reactive ketones (excluding diaryl/α,β-unsaturated/α-hetero) is 1. The van der Waals surface area contributed by atoms with E-state index < -0.39 is 0 Å². The van der Waals surface area contributed by atoms with E-state index in [9.17, 15) is 4.79 Å². The summed E-state index contributed by atoms with van der Waals surface area (Å²) >= 11 is 0. The smallest absolute Gasteiger partial charge is 0.140 e. The summed E-state index contributed by atoms with van der Waals surface area (Å²) in [6, 6.07) is 10.7. The summed E-state index contributed by atoms with van der Waals surface area (Å²) in [6.45, 7) is 12.5. The third-order valence-corrected chi connectivity index (χ3v) is 11.9. The quantitative estimate of drug-likeness (QED) is 0.412. The Morgan fingerprint density at radius 1 is 0.882 bits per heavy atom. The van der Waals surface area contributed by atoms with Gasteiger partial charge < -0.3 is 0 Å². The number of rotatable bonds is 6. The van der Waals surface area contributed by atoms with Crippen molar-refractivity contribution in [1.29, 1.82) is 0 Å². The number of carbonyl (C=O) groups is 1. The molecular weight excluding hydrogens is 412 g/mol. The molecule has 34 heavy (non-hydrogen) atoms. The van der Waals surface area contributed by atoms with Gasteiger partial charge in [0, 0.05) is 12.3 Å². The van der Waals surface area contributed by atoms with Gasteiger partial charge in [-0.15, -0.1) is 0 Å². The fourth-order valence-corrected chi connectivity index (χ4v) is 10.1. The molecule has 1 aromatic rings. The second kappa shape index (κ2) is 9.40. The van der Waals surface area contributed by atoms with Gasteiger partial charge in [0.2, 0.25) is 0 Å². The minimum Gasteiger partial charge on any atom is -0.299 e. The molecular formula is C33H50O. The van der Waals surface area contributed by atoms with Crippen molar-refractivity contribution in [2.24, 2.45) is 52.3 Å². The van der Waals surface area contributed by atoms with Gasteiger partial charge in [0.1, 0.15) is 5.78 Å². The molecule has 0 aromatic heterocycles. The van der Waals surface area contributed by atoms with Gasteiger partial charge in [-0.2, -0.15) is 0 Å². The van der Waals surface area contributed by atoms with E-state index in [2.05, 4.69) is 65.0 Å². The second-order valence-corrected chi connectivity index (χ2v) is 14.0. The largest absolute Gasteiger partial charge is 0.299 e. The summed E-state index contributed by atoms with van der Waals surface area (Å²) in [5.41, 5.74) is 2.05. The highest BCUT2D eigenvalue weighted by Crippen LogP contribution is 2.68. The van der Waals surface area contributed by atoms with E-state index in [1.165, 1.54) is 63.4 Å². The van der Waals surface area contributed by atoms with E-state index >= 15 is 0 Å². The van der Waals surface area contributed by atoms with Crippen LogP contribution in [-0.2, 0) is 4.79 Å². The first-order valence-electron chi connectivity index (χ1n) is 14.8. The van der Waals surface area contributed by atoms with Crippen LogP contribution in [0.1, 0.15) is 117 Å². The van der Waals surface area contributed by atoms with Crippen molar-refractivity contribution in [3.8, 4) is 0 Å². The summed E-state index contributed by atoms with van der Waals surface area (Å²) in [7, 11) is 0. The molecule has 4 saturated carbocycles. The Bertz CT molecular complexity index is 857. The Morgan fingerprint density at radius 3 is 2.35 bits per heavy atom. The van der Waals surface area contributed by atoms with Gasteiger partial charge >= 0.3 is 0 Å². The van der Waals surface area contributed by atoms with Gasteiger partial charge in [-0.25, -0.2) is 0 Å². The van der Waals surface area contributed by atoms with Crippen LogP contribution in [0, 0.1) is 52.3 Å². The van der Waals surface area contributed by atoms with Crippen molar-refractivity contribution in [1.82, 2.24) is 0 Å². The molecule has 0 N–H and O–H groups in total. The van der Waals surface area contributed by atoms with Crippen molar-refractivity contribution in [3.63, 3.8) is 0 Å². The molecule has 5 rings (SSSR count). The molecule has 0 radical (unpaired) electrons. The molecule has 0 spiro atoms. The zero-order valence-electron chi connectivity index (χ0n) is 22.7. The fraction of sp³-hybridized carbons (Fsp3) is 0.788. The van der Waals surface area contributed by atoms with Crippen LogP contribution < -0.4 is 0 Å². The number of benzene rings is 1. The van der Waals surface area contributed by atoms with Gasteiger partial charge in [-0.3, -0.25) is 4.79 Å². The molecule has 0 aliphatic heterocycles. The van der Waals surface area contributed by atoms with Gasteiger partial charge in [0.15, 0.2) is 0 Å². The SMILES string of the molecule is CC(C)CCCC(C)C1CCC2C3CCC4CC(c5ccccc5)C(=O)CC4(C)C3CCC12C. The number of hydrogen-bond acceptors (Lipinski definition) is 1. The highest BCUT2D eigenvalue weighted by atomic mass is 16.1. The van der Waals surface area contributed by atoms with E-state index in [4.69, 9.17) is 0 Å². The first-order valence-corrected chi connectivity index (χ1v) is 14.8. The average molecular weight is 463 g/mol. The normalized spacial score (nSPS) is 42.7. The van der Waals surface area contributed by atoms with Crippen LogP contribution in [0.25, 0.3) is 0 Å². The van der Waals surface area contributed by atoms with Crippen LogP contribution in [0.15, 0.2) is 30.3 Å². The molecule has 1 nitrogen and oxygen atoms in total. The molecule has 9 unspecified atom stereocenters. The van der Waals surface area contributed by atoms with Crippen molar-refractivity contribution < 1.29 is 4.79 Å². The second-order valence-electron chi connectivity index (χ2n) is 14.0. The summed E-state index contributed by atoms with van der Waals surface area (Å²) in [4.78, 5) is 13.5. The Hall–Kier alpha value is -1.11. The number of ketones is 1. The van der Waals surface area contributed by atoms with Crippen molar-refractivity contribution >= 4 is 5.78 Å². The molecule has 1 heteroatoms.